The van der Waals surface area contributed by atoms with E-state index in [1.807, 2.05) is 103 Å². The van der Waals surface area contributed by atoms with Gasteiger partial charge in [-0.3, -0.25) is 0 Å². The van der Waals surface area contributed by atoms with Gasteiger partial charge in [0.05, 0.1) is 61.4 Å². The van der Waals surface area contributed by atoms with Crippen LogP contribution in [0.3, 0.4) is 0 Å². The third-order valence-corrected chi connectivity index (χ3v) is 15.4. The van der Waals surface area contributed by atoms with E-state index in [4.69, 9.17) is 23.8 Å². The molecule has 0 aliphatic heterocycles. The standard InChI is InChI=1S/C70H40N6O2/c71-41-42-17-15-22-45(39-42)46-33-36-57(75-55-28-11-7-25-52(55)63-59(75)37-34-50-47-23-9-13-31-61(47)77-66(50)63)54(40-46)49-27-16-30-58(65(49)70-73-68(43-18-3-1-4-19-43)72-69(74-70)44-20-5-2-6-21-44)76-56-29-12-8-26-53(56)64-60(76)38-35-51-48-24-10-14-32-62(48)78-67(51)64/h1-40H. The Bertz CT molecular complexity index is 5120. The van der Waals surface area contributed by atoms with Gasteiger partial charge in [-0.1, -0.05) is 164 Å². The summed E-state index contributed by atoms with van der Waals surface area (Å²) in [6.45, 7) is 0. The Morgan fingerprint density at radius 1 is 0.333 bits per heavy atom. The first kappa shape index (κ1) is 43.5. The molecule has 0 bridgehead atoms. The summed E-state index contributed by atoms with van der Waals surface area (Å²) >= 11 is 0. The molecule has 362 valence electrons. The van der Waals surface area contributed by atoms with E-state index in [9.17, 15) is 5.26 Å². The first-order valence-corrected chi connectivity index (χ1v) is 26.0. The van der Waals surface area contributed by atoms with E-state index in [1.54, 1.807) is 0 Å². The van der Waals surface area contributed by atoms with Crippen LogP contribution in [0.15, 0.2) is 251 Å². The lowest BCUT2D eigenvalue weighted by atomic mass is 9.92. The van der Waals surface area contributed by atoms with Crippen molar-refractivity contribution in [2.45, 2.75) is 0 Å². The maximum Gasteiger partial charge on any atom is 0.166 e. The van der Waals surface area contributed by atoms with Crippen LogP contribution in [0, 0.1) is 11.3 Å². The van der Waals surface area contributed by atoms with Crippen molar-refractivity contribution in [2.24, 2.45) is 0 Å². The number of aromatic nitrogens is 5. The van der Waals surface area contributed by atoms with Gasteiger partial charge in [0.25, 0.3) is 0 Å². The maximum atomic E-state index is 10.2. The first-order chi connectivity index (χ1) is 38.6. The van der Waals surface area contributed by atoms with Crippen LogP contribution in [-0.2, 0) is 0 Å². The molecule has 0 unspecified atom stereocenters. The van der Waals surface area contributed by atoms with Gasteiger partial charge in [0.15, 0.2) is 17.5 Å². The molecule has 5 heterocycles. The largest absolute Gasteiger partial charge is 0.455 e. The fourth-order valence-corrected chi connectivity index (χ4v) is 12.0. The van der Waals surface area contributed by atoms with Crippen molar-refractivity contribution in [2.75, 3.05) is 0 Å². The van der Waals surface area contributed by atoms with E-state index < -0.39 is 0 Å². The topological polar surface area (TPSA) is 98.6 Å². The zero-order chi connectivity index (χ0) is 51.4. The molecule has 11 aromatic carbocycles. The molecule has 8 heteroatoms. The Morgan fingerprint density at radius 3 is 1.41 bits per heavy atom. The molecule has 0 saturated heterocycles. The molecule has 16 aromatic rings. The lowest BCUT2D eigenvalue weighted by molar-refractivity contribution is 0.672. The summed E-state index contributed by atoms with van der Waals surface area (Å²) in [6, 6.07) is 86.1. The summed E-state index contributed by atoms with van der Waals surface area (Å²) in [5, 5.41) is 18.6. The van der Waals surface area contributed by atoms with Gasteiger partial charge in [-0.2, -0.15) is 5.26 Å². The third kappa shape index (κ3) is 6.55. The van der Waals surface area contributed by atoms with Crippen LogP contribution in [-0.4, -0.2) is 24.1 Å². The van der Waals surface area contributed by atoms with Gasteiger partial charge in [-0.25, -0.2) is 15.0 Å². The minimum absolute atomic E-state index is 0.498. The number of hydrogen-bond donors (Lipinski definition) is 0. The molecular weight excluding hydrogens is 957 g/mol. The van der Waals surface area contributed by atoms with Crippen LogP contribution >= 0.6 is 0 Å². The zero-order valence-electron chi connectivity index (χ0n) is 41.6. The second-order valence-corrected chi connectivity index (χ2v) is 19.7. The number of para-hydroxylation sites is 4. The highest BCUT2D eigenvalue weighted by Crippen LogP contribution is 2.48. The minimum atomic E-state index is 0.498. The van der Waals surface area contributed by atoms with Crippen LogP contribution in [0.2, 0.25) is 0 Å². The Morgan fingerprint density at radius 2 is 0.821 bits per heavy atom. The minimum Gasteiger partial charge on any atom is -0.455 e. The van der Waals surface area contributed by atoms with Gasteiger partial charge in [-0.15, -0.1) is 0 Å². The lowest BCUT2D eigenvalue weighted by Gasteiger charge is -2.21. The fourth-order valence-electron chi connectivity index (χ4n) is 12.0. The number of hydrogen-bond acceptors (Lipinski definition) is 6. The van der Waals surface area contributed by atoms with Crippen molar-refractivity contribution in [1.29, 1.82) is 5.26 Å². The third-order valence-electron chi connectivity index (χ3n) is 15.4. The Kier molecular flexibility index (Phi) is 9.53. The molecule has 0 saturated carbocycles. The maximum absolute atomic E-state index is 10.2. The molecule has 0 N–H and O–H groups in total. The van der Waals surface area contributed by atoms with E-state index in [0.717, 1.165) is 138 Å². The van der Waals surface area contributed by atoms with Crippen LogP contribution in [0.1, 0.15) is 5.56 Å². The lowest BCUT2D eigenvalue weighted by Crippen LogP contribution is -2.06. The number of nitriles is 1. The highest BCUT2D eigenvalue weighted by atomic mass is 16.3. The second kappa shape index (κ2) is 17.1. The van der Waals surface area contributed by atoms with Crippen molar-refractivity contribution in [3.8, 4) is 73.9 Å². The predicted molar refractivity (Wildman–Crippen MR) is 315 cm³/mol. The van der Waals surface area contributed by atoms with Crippen molar-refractivity contribution in [3.63, 3.8) is 0 Å². The summed E-state index contributed by atoms with van der Waals surface area (Å²) < 4.78 is 18.4. The summed E-state index contributed by atoms with van der Waals surface area (Å²) in [7, 11) is 0. The number of fused-ring (bicyclic) bond motifs is 14. The highest BCUT2D eigenvalue weighted by molar-refractivity contribution is 6.25. The molecule has 0 spiro atoms. The summed E-state index contributed by atoms with van der Waals surface area (Å²) in [6.07, 6.45) is 0. The quantitative estimate of drug-likeness (QED) is 0.158. The van der Waals surface area contributed by atoms with Gasteiger partial charge < -0.3 is 18.0 Å². The van der Waals surface area contributed by atoms with Crippen LogP contribution < -0.4 is 0 Å². The average Bonchev–Trinajstić information content (AvgIpc) is 4.38. The van der Waals surface area contributed by atoms with E-state index in [1.165, 1.54) is 0 Å². The molecular formula is C70H40N6O2. The van der Waals surface area contributed by atoms with E-state index >= 15 is 0 Å². The zero-order valence-corrected chi connectivity index (χ0v) is 41.6. The highest BCUT2D eigenvalue weighted by Gasteiger charge is 2.28. The van der Waals surface area contributed by atoms with Crippen molar-refractivity contribution in [3.05, 3.63) is 248 Å². The second-order valence-electron chi connectivity index (χ2n) is 19.7. The molecule has 0 atom stereocenters. The summed E-state index contributed by atoms with van der Waals surface area (Å²) in [5.74, 6) is 1.59. The average molecular weight is 997 g/mol. The fraction of sp³-hybridized carbons (Fsp3) is 0. The molecule has 0 amide bonds. The Labute approximate surface area is 445 Å². The van der Waals surface area contributed by atoms with Gasteiger partial charge in [0.2, 0.25) is 0 Å². The number of benzene rings is 11. The SMILES string of the molecule is N#Cc1cccc(-c2ccc(-n3c4ccccc4c4c5oc6ccccc6c5ccc43)c(-c3cccc(-n4c5ccccc5c5c6oc7ccccc7c6ccc54)c3-c3nc(-c4ccccc4)nc(-c4ccccc4)n3)c2)c1. The van der Waals surface area contributed by atoms with Crippen LogP contribution in [0.4, 0.5) is 0 Å². The van der Waals surface area contributed by atoms with Gasteiger partial charge in [-0.05, 0) is 95.6 Å². The molecule has 78 heavy (non-hydrogen) atoms. The molecule has 0 radical (unpaired) electrons. The number of furan rings is 2. The summed E-state index contributed by atoms with van der Waals surface area (Å²) in [4.78, 5) is 16.3. The Balaban J connectivity index is 1.07. The van der Waals surface area contributed by atoms with Gasteiger partial charge in [0, 0.05) is 49.0 Å². The van der Waals surface area contributed by atoms with E-state index in [0.29, 0.717) is 23.0 Å². The Hall–Kier alpha value is -10.9. The monoisotopic (exact) mass is 996 g/mol. The van der Waals surface area contributed by atoms with Crippen LogP contribution in [0.5, 0.6) is 0 Å². The normalized spacial score (nSPS) is 11.8. The van der Waals surface area contributed by atoms with E-state index in [2.05, 4.69) is 155 Å². The van der Waals surface area contributed by atoms with Gasteiger partial charge in [0.1, 0.15) is 22.3 Å². The summed E-state index contributed by atoms with van der Waals surface area (Å²) in [5.41, 5.74) is 15.9. The molecule has 8 nitrogen and oxygen atoms in total. The smallest absolute Gasteiger partial charge is 0.166 e. The number of nitrogens with zero attached hydrogens (tertiary/aromatic N) is 6. The van der Waals surface area contributed by atoms with Crippen LogP contribution in [0.25, 0.3) is 155 Å². The predicted octanol–water partition coefficient (Wildman–Crippen LogP) is 18.1. The molecule has 0 aliphatic carbocycles. The van der Waals surface area contributed by atoms with Crippen molar-refractivity contribution >= 4 is 87.5 Å². The molecule has 5 aromatic heterocycles. The first-order valence-electron chi connectivity index (χ1n) is 26.0. The van der Waals surface area contributed by atoms with E-state index in [-0.39, 0.29) is 0 Å². The van der Waals surface area contributed by atoms with Crippen molar-refractivity contribution in [1.82, 2.24) is 24.1 Å². The number of rotatable bonds is 7. The van der Waals surface area contributed by atoms with Gasteiger partial charge >= 0.3 is 0 Å². The molecule has 0 fully saturated rings. The molecule has 16 rings (SSSR count). The van der Waals surface area contributed by atoms with Crippen molar-refractivity contribution < 1.29 is 8.83 Å². The molecule has 0 aliphatic rings.